The van der Waals surface area contributed by atoms with Crippen molar-refractivity contribution in [3.05, 3.63) is 95.7 Å². The second kappa shape index (κ2) is 10.1. The molecule has 2 aromatic heterocycles. The number of amides is 1. The van der Waals surface area contributed by atoms with Gasteiger partial charge in [0.2, 0.25) is 0 Å². The average molecular weight is 473 g/mol. The van der Waals surface area contributed by atoms with Crippen LogP contribution < -0.4 is 0 Å². The predicted molar refractivity (Wildman–Crippen MR) is 129 cm³/mol. The minimum Gasteiger partial charge on any atom is -0.459 e. The summed E-state index contributed by atoms with van der Waals surface area (Å²) in [6.45, 7) is 0.771. The second-order valence-electron chi connectivity index (χ2n) is 8.15. The zero-order valence-electron chi connectivity index (χ0n) is 18.5. The number of rotatable bonds is 7. The first-order valence-corrected chi connectivity index (χ1v) is 12.2. The molecule has 8 heteroatoms. The number of likely N-dealkylation sites (tertiary alicyclic amines) is 1. The van der Waals surface area contributed by atoms with Crippen molar-refractivity contribution in [2.75, 3.05) is 6.54 Å². The summed E-state index contributed by atoms with van der Waals surface area (Å²) in [7, 11) is 0. The van der Waals surface area contributed by atoms with Crippen LogP contribution in [0, 0.1) is 0 Å². The molecule has 0 radical (unpaired) electrons. The highest BCUT2D eigenvalue weighted by atomic mass is 32.2. The minimum atomic E-state index is -0.535. The summed E-state index contributed by atoms with van der Waals surface area (Å²) < 4.78 is 7.45. The third-order valence-corrected chi connectivity index (χ3v) is 6.88. The van der Waals surface area contributed by atoms with Gasteiger partial charge in [0.05, 0.1) is 0 Å². The highest BCUT2D eigenvalue weighted by Crippen LogP contribution is 2.24. The van der Waals surface area contributed by atoms with Crippen LogP contribution in [0.3, 0.4) is 0 Å². The lowest BCUT2D eigenvalue weighted by Crippen LogP contribution is -2.41. The summed E-state index contributed by atoms with van der Waals surface area (Å²) in [6, 6.07) is 22.4. The lowest BCUT2D eigenvalue weighted by molar-refractivity contribution is -0.149. The summed E-state index contributed by atoms with van der Waals surface area (Å²) >= 11 is 1.59. The molecule has 0 bridgehead atoms. The van der Waals surface area contributed by atoms with E-state index in [0.717, 1.165) is 28.4 Å². The van der Waals surface area contributed by atoms with Crippen molar-refractivity contribution in [2.24, 2.45) is 0 Å². The van der Waals surface area contributed by atoms with E-state index in [0.29, 0.717) is 24.3 Å². The van der Waals surface area contributed by atoms with Crippen LogP contribution in [0.25, 0.3) is 5.65 Å². The zero-order valence-corrected chi connectivity index (χ0v) is 19.4. The minimum absolute atomic E-state index is 0.137. The molecule has 0 N–H and O–H groups in total. The Hall–Kier alpha value is -3.65. The van der Waals surface area contributed by atoms with Crippen LogP contribution in [0.5, 0.6) is 0 Å². The van der Waals surface area contributed by atoms with Crippen molar-refractivity contribution in [3.8, 4) is 0 Å². The number of pyridine rings is 1. The quantitative estimate of drug-likeness (QED) is 0.294. The van der Waals surface area contributed by atoms with Crippen LogP contribution in [0.2, 0.25) is 0 Å². The third kappa shape index (κ3) is 4.82. The van der Waals surface area contributed by atoms with Crippen molar-refractivity contribution in [3.63, 3.8) is 0 Å². The van der Waals surface area contributed by atoms with E-state index >= 15 is 0 Å². The Balaban J connectivity index is 1.19. The summed E-state index contributed by atoms with van der Waals surface area (Å²) in [5, 5.41) is 9.23. The van der Waals surface area contributed by atoms with Gasteiger partial charge < -0.3 is 9.64 Å². The van der Waals surface area contributed by atoms with Crippen LogP contribution in [-0.2, 0) is 21.9 Å². The number of ether oxygens (including phenoxy) is 1. The lowest BCUT2D eigenvalue weighted by Gasteiger charge is -2.23. The van der Waals surface area contributed by atoms with Gasteiger partial charge in [0.1, 0.15) is 12.6 Å². The molecule has 0 unspecified atom stereocenters. The number of carbonyl (C=O) groups is 2. The molecule has 0 saturated carbocycles. The monoisotopic (exact) mass is 472 g/mol. The number of aromatic nitrogens is 3. The molecule has 1 amide bonds. The van der Waals surface area contributed by atoms with Crippen LogP contribution in [0.1, 0.15) is 34.3 Å². The number of carbonyl (C=O) groups excluding carboxylic acids is 2. The van der Waals surface area contributed by atoms with Gasteiger partial charge in [-0.15, -0.1) is 10.2 Å². The number of fused-ring (bicyclic) bond motifs is 1. The normalized spacial score (nSPS) is 15.5. The number of esters is 1. The number of thioether (sulfide) groups is 1. The van der Waals surface area contributed by atoms with Crippen molar-refractivity contribution in [1.29, 1.82) is 0 Å². The number of hydrogen-bond donors (Lipinski definition) is 0. The van der Waals surface area contributed by atoms with Crippen LogP contribution in [-0.4, -0.2) is 44.0 Å². The number of nitrogens with zero attached hydrogens (tertiary/aromatic N) is 4. The summed E-state index contributed by atoms with van der Waals surface area (Å²) in [5.74, 6) is 0.229. The molecule has 1 fully saturated rings. The molecule has 7 nitrogen and oxygen atoms in total. The maximum atomic E-state index is 13.1. The smallest absolute Gasteiger partial charge is 0.329 e. The Morgan fingerprint density at radius 2 is 1.74 bits per heavy atom. The van der Waals surface area contributed by atoms with Gasteiger partial charge in [0.25, 0.3) is 5.91 Å². The first-order valence-electron chi connectivity index (χ1n) is 11.2. The summed E-state index contributed by atoms with van der Waals surface area (Å²) in [4.78, 5) is 27.4. The van der Waals surface area contributed by atoms with E-state index in [1.165, 1.54) is 0 Å². The Kier molecular flexibility index (Phi) is 6.58. The van der Waals surface area contributed by atoms with Crippen molar-refractivity contribution in [1.82, 2.24) is 19.5 Å². The van der Waals surface area contributed by atoms with Crippen molar-refractivity contribution >= 4 is 29.3 Å². The molecule has 1 aliphatic heterocycles. The van der Waals surface area contributed by atoms with Crippen LogP contribution in [0.4, 0.5) is 0 Å². The molecular weight excluding hydrogens is 448 g/mol. The van der Waals surface area contributed by atoms with E-state index in [9.17, 15) is 9.59 Å². The molecular formula is C26H24N4O3S. The molecule has 172 valence electrons. The van der Waals surface area contributed by atoms with E-state index in [-0.39, 0.29) is 18.5 Å². The standard InChI is InChI=1S/C26H24N4O3S/c31-24(29-16-6-9-22(29)25(32)33-17-19-7-2-1-3-8-19)21-13-11-20(12-14-21)18-34-26-28-27-23-10-4-5-15-30(23)26/h1-5,7-8,10-15,22H,6,9,16-18H2/t22-/m0/s1. The molecule has 5 rings (SSSR count). The number of hydrogen-bond acceptors (Lipinski definition) is 6. The van der Waals surface area contributed by atoms with Gasteiger partial charge in [-0.2, -0.15) is 0 Å². The van der Waals surface area contributed by atoms with Gasteiger partial charge in [-0.05, 0) is 48.2 Å². The van der Waals surface area contributed by atoms with E-state index in [1.807, 2.05) is 83.4 Å². The molecule has 1 atom stereocenters. The third-order valence-electron chi connectivity index (χ3n) is 5.86. The Labute approximate surface area is 201 Å². The molecule has 1 saturated heterocycles. The molecule has 3 heterocycles. The molecule has 1 aliphatic rings. The Bertz CT molecular complexity index is 1290. The SMILES string of the molecule is O=C(OCc1ccccc1)[C@@H]1CCCN1C(=O)c1ccc(CSc2nnc3ccccn23)cc1. The summed E-state index contributed by atoms with van der Waals surface area (Å²) in [5.41, 5.74) is 3.40. The van der Waals surface area contributed by atoms with Crippen molar-refractivity contribution < 1.29 is 14.3 Å². The van der Waals surface area contributed by atoms with Crippen molar-refractivity contribution in [2.45, 2.75) is 36.4 Å². The topological polar surface area (TPSA) is 76.8 Å². The van der Waals surface area contributed by atoms with Gasteiger partial charge >= 0.3 is 5.97 Å². The average Bonchev–Trinajstić information content (AvgIpc) is 3.54. The first kappa shape index (κ1) is 22.2. The fraction of sp³-hybridized carbons (Fsp3) is 0.231. The van der Waals surface area contributed by atoms with Gasteiger partial charge in [-0.3, -0.25) is 9.20 Å². The molecule has 2 aromatic carbocycles. The Morgan fingerprint density at radius 3 is 2.56 bits per heavy atom. The largest absolute Gasteiger partial charge is 0.459 e. The van der Waals surface area contributed by atoms with Gasteiger partial charge in [0, 0.05) is 24.1 Å². The second-order valence-corrected chi connectivity index (χ2v) is 9.09. The van der Waals surface area contributed by atoms with Gasteiger partial charge in [-0.1, -0.05) is 60.3 Å². The van der Waals surface area contributed by atoms with Gasteiger partial charge in [0.15, 0.2) is 10.8 Å². The van der Waals surface area contributed by atoms with E-state index < -0.39 is 6.04 Å². The zero-order chi connectivity index (χ0) is 23.3. The lowest BCUT2D eigenvalue weighted by atomic mass is 10.1. The summed E-state index contributed by atoms with van der Waals surface area (Å²) in [6.07, 6.45) is 3.36. The van der Waals surface area contributed by atoms with Crippen LogP contribution in [0.15, 0.2) is 84.1 Å². The fourth-order valence-electron chi connectivity index (χ4n) is 4.05. The Morgan fingerprint density at radius 1 is 0.941 bits per heavy atom. The predicted octanol–water partition coefficient (Wildman–Crippen LogP) is 4.37. The number of benzene rings is 2. The maximum absolute atomic E-state index is 13.1. The highest BCUT2D eigenvalue weighted by Gasteiger charge is 2.35. The molecule has 4 aromatic rings. The van der Waals surface area contributed by atoms with Crippen LogP contribution >= 0.6 is 11.8 Å². The highest BCUT2D eigenvalue weighted by molar-refractivity contribution is 7.98. The van der Waals surface area contributed by atoms with Gasteiger partial charge in [-0.25, -0.2) is 4.79 Å². The van der Waals surface area contributed by atoms with E-state index in [1.54, 1.807) is 16.7 Å². The fourth-order valence-corrected chi connectivity index (χ4v) is 4.94. The molecule has 34 heavy (non-hydrogen) atoms. The first-order chi connectivity index (χ1) is 16.7. The molecule has 0 spiro atoms. The van der Waals surface area contributed by atoms with E-state index in [4.69, 9.17) is 4.74 Å². The van der Waals surface area contributed by atoms with E-state index in [2.05, 4.69) is 10.2 Å². The maximum Gasteiger partial charge on any atom is 0.329 e. The molecule has 0 aliphatic carbocycles.